The molecule has 0 aliphatic rings. The Bertz CT molecular complexity index is 711. The highest BCUT2D eigenvalue weighted by Crippen LogP contribution is 2.27. The Kier molecular flexibility index (Phi) is 5.05. The van der Waals surface area contributed by atoms with Gasteiger partial charge in [0, 0.05) is 5.02 Å². The number of aromatic hydroxyl groups is 1. The Morgan fingerprint density at radius 1 is 1.27 bits per heavy atom. The van der Waals surface area contributed by atoms with E-state index in [2.05, 4.69) is 5.32 Å². The molecule has 5 nitrogen and oxygen atoms in total. The van der Waals surface area contributed by atoms with Gasteiger partial charge in [0.05, 0.1) is 17.2 Å². The standard InChI is InChI=1S/C15H14ClNO4S/c1-8(2)21-15(20)11-5-6-22-14(11)17-13(19)10-4-3-9(16)7-12(10)18/h3-8,18H,1-2H3,(H,17,19). The third kappa shape index (κ3) is 3.78. The lowest BCUT2D eigenvalue weighted by Gasteiger charge is -2.10. The largest absolute Gasteiger partial charge is 0.507 e. The van der Waals surface area contributed by atoms with Gasteiger partial charge in [-0.3, -0.25) is 4.79 Å². The number of benzene rings is 1. The molecule has 1 aromatic carbocycles. The van der Waals surface area contributed by atoms with E-state index in [0.29, 0.717) is 10.0 Å². The number of phenolic OH excluding ortho intramolecular Hbond substituents is 1. The molecule has 0 spiro atoms. The first kappa shape index (κ1) is 16.3. The Morgan fingerprint density at radius 3 is 2.64 bits per heavy atom. The lowest BCUT2D eigenvalue weighted by Crippen LogP contribution is -2.16. The predicted octanol–water partition coefficient (Wildman–Crippen LogP) is 3.92. The van der Waals surface area contributed by atoms with Crippen LogP contribution in [0.3, 0.4) is 0 Å². The molecule has 22 heavy (non-hydrogen) atoms. The number of phenols is 1. The molecule has 0 saturated heterocycles. The summed E-state index contributed by atoms with van der Waals surface area (Å²) in [6.45, 7) is 3.49. The second kappa shape index (κ2) is 6.81. The van der Waals surface area contributed by atoms with Crippen LogP contribution >= 0.6 is 22.9 Å². The van der Waals surface area contributed by atoms with E-state index in [9.17, 15) is 14.7 Å². The number of carbonyl (C=O) groups excluding carboxylic acids is 2. The van der Waals surface area contributed by atoms with E-state index in [4.69, 9.17) is 16.3 Å². The molecular formula is C15H14ClNO4S. The van der Waals surface area contributed by atoms with Crippen LogP contribution in [-0.2, 0) is 4.74 Å². The molecule has 0 radical (unpaired) electrons. The molecule has 0 atom stereocenters. The van der Waals surface area contributed by atoms with E-state index in [0.717, 1.165) is 0 Å². The van der Waals surface area contributed by atoms with Crippen molar-refractivity contribution in [2.75, 3.05) is 5.32 Å². The normalized spacial score (nSPS) is 10.5. The van der Waals surface area contributed by atoms with Crippen molar-refractivity contribution in [3.05, 3.63) is 45.8 Å². The van der Waals surface area contributed by atoms with Crippen LogP contribution in [0.15, 0.2) is 29.6 Å². The van der Waals surface area contributed by atoms with Gasteiger partial charge < -0.3 is 15.2 Å². The summed E-state index contributed by atoms with van der Waals surface area (Å²) in [6, 6.07) is 5.76. The molecule has 7 heteroatoms. The number of ether oxygens (including phenoxy) is 1. The number of esters is 1. The monoisotopic (exact) mass is 339 g/mol. The fourth-order valence-corrected chi connectivity index (χ4v) is 2.65. The summed E-state index contributed by atoms with van der Waals surface area (Å²) in [5.74, 6) is -1.27. The minimum absolute atomic E-state index is 0.0703. The van der Waals surface area contributed by atoms with Gasteiger partial charge in [-0.2, -0.15) is 0 Å². The molecule has 1 amide bonds. The lowest BCUT2D eigenvalue weighted by atomic mass is 10.2. The molecule has 1 heterocycles. The number of halogens is 1. The molecule has 2 aromatic rings. The highest BCUT2D eigenvalue weighted by atomic mass is 35.5. The van der Waals surface area contributed by atoms with E-state index in [1.807, 2.05) is 0 Å². The second-order valence-corrected chi connectivity index (χ2v) is 6.09. The van der Waals surface area contributed by atoms with Crippen molar-refractivity contribution >= 4 is 39.8 Å². The number of anilines is 1. The third-order valence-electron chi connectivity index (χ3n) is 2.66. The molecule has 0 aliphatic heterocycles. The SMILES string of the molecule is CC(C)OC(=O)c1ccsc1NC(=O)c1ccc(Cl)cc1O. The summed E-state index contributed by atoms with van der Waals surface area (Å²) in [5.41, 5.74) is 0.349. The van der Waals surface area contributed by atoms with Crippen molar-refractivity contribution < 1.29 is 19.4 Å². The van der Waals surface area contributed by atoms with Gasteiger partial charge in [0.25, 0.3) is 5.91 Å². The number of hydrogen-bond acceptors (Lipinski definition) is 5. The summed E-state index contributed by atoms with van der Waals surface area (Å²) in [4.78, 5) is 24.1. The maximum absolute atomic E-state index is 12.2. The van der Waals surface area contributed by atoms with Crippen molar-refractivity contribution in [1.82, 2.24) is 0 Å². The molecular weight excluding hydrogens is 326 g/mol. The number of carbonyl (C=O) groups is 2. The van der Waals surface area contributed by atoms with Crippen LogP contribution in [0, 0.1) is 0 Å². The van der Waals surface area contributed by atoms with Crippen LogP contribution in [0.2, 0.25) is 5.02 Å². The topological polar surface area (TPSA) is 75.6 Å². The van der Waals surface area contributed by atoms with Crippen molar-refractivity contribution in [3.8, 4) is 5.75 Å². The van der Waals surface area contributed by atoms with E-state index in [-0.39, 0.29) is 23.0 Å². The van der Waals surface area contributed by atoms with Gasteiger partial charge in [0.1, 0.15) is 10.8 Å². The zero-order valence-corrected chi connectivity index (χ0v) is 13.5. The molecule has 0 saturated carbocycles. The highest BCUT2D eigenvalue weighted by molar-refractivity contribution is 7.14. The van der Waals surface area contributed by atoms with Crippen LogP contribution < -0.4 is 5.32 Å². The van der Waals surface area contributed by atoms with E-state index in [1.54, 1.807) is 25.3 Å². The van der Waals surface area contributed by atoms with Gasteiger partial charge >= 0.3 is 5.97 Å². The van der Waals surface area contributed by atoms with Crippen molar-refractivity contribution in [2.45, 2.75) is 20.0 Å². The molecule has 0 unspecified atom stereocenters. The molecule has 0 fully saturated rings. The van der Waals surface area contributed by atoms with E-state index in [1.165, 1.54) is 29.5 Å². The van der Waals surface area contributed by atoms with Crippen LogP contribution in [0.4, 0.5) is 5.00 Å². The van der Waals surface area contributed by atoms with Crippen LogP contribution in [0.1, 0.15) is 34.6 Å². The van der Waals surface area contributed by atoms with Gasteiger partial charge in [-0.25, -0.2) is 4.79 Å². The second-order valence-electron chi connectivity index (χ2n) is 4.73. The molecule has 0 aliphatic carbocycles. The van der Waals surface area contributed by atoms with Gasteiger partial charge in [-0.1, -0.05) is 11.6 Å². The van der Waals surface area contributed by atoms with E-state index < -0.39 is 11.9 Å². The average molecular weight is 340 g/mol. The van der Waals surface area contributed by atoms with E-state index >= 15 is 0 Å². The fraction of sp³-hybridized carbons (Fsp3) is 0.200. The summed E-state index contributed by atoms with van der Waals surface area (Å²) in [7, 11) is 0. The quantitative estimate of drug-likeness (QED) is 0.828. The number of amides is 1. The molecule has 2 rings (SSSR count). The number of hydrogen-bond donors (Lipinski definition) is 2. The van der Waals surface area contributed by atoms with Crippen LogP contribution in [0.5, 0.6) is 5.75 Å². The Morgan fingerprint density at radius 2 is 2.00 bits per heavy atom. The van der Waals surface area contributed by atoms with Crippen LogP contribution in [-0.4, -0.2) is 23.1 Å². The van der Waals surface area contributed by atoms with Crippen molar-refractivity contribution in [1.29, 1.82) is 0 Å². The predicted molar refractivity (Wildman–Crippen MR) is 85.9 cm³/mol. The zero-order chi connectivity index (χ0) is 16.3. The molecule has 0 bridgehead atoms. The number of thiophene rings is 1. The summed E-state index contributed by atoms with van der Waals surface area (Å²) in [5, 5.41) is 14.7. The van der Waals surface area contributed by atoms with Crippen molar-refractivity contribution in [2.24, 2.45) is 0 Å². The smallest absolute Gasteiger partial charge is 0.341 e. The minimum Gasteiger partial charge on any atom is -0.507 e. The fourth-order valence-electron chi connectivity index (χ4n) is 1.71. The van der Waals surface area contributed by atoms with Crippen LogP contribution in [0.25, 0.3) is 0 Å². The highest BCUT2D eigenvalue weighted by Gasteiger charge is 2.19. The van der Waals surface area contributed by atoms with Gasteiger partial charge in [0.2, 0.25) is 0 Å². The summed E-state index contributed by atoms with van der Waals surface area (Å²) >= 11 is 6.93. The Hall–Kier alpha value is -2.05. The maximum Gasteiger partial charge on any atom is 0.341 e. The number of rotatable bonds is 4. The van der Waals surface area contributed by atoms with Gasteiger partial charge in [-0.05, 0) is 43.5 Å². The first-order valence-corrected chi connectivity index (χ1v) is 7.72. The molecule has 2 N–H and O–H groups in total. The lowest BCUT2D eigenvalue weighted by molar-refractivity contribution is 0.0379. The summed E-state index contributed by atoms with van der Waals surface area (Å²) < 4.78 is 5.11. The van der Waals surface area contributed by atoms with Gasteiger partial charge in [-0.15, -0.1) is 11.3 Å². The first-order chi connectivity index (χ1) is 10.4. The number of nitrogens with one attached hydrogen (secondary N) is 1. The summed E-state index contributed by atoms with van der Waals surface area (Å²) in [6.07, 6.45) is -0.253. The van der Waals surface area contributed by atoms with Gasteiger partial charge in [0.15, 0.2) is 0 Å². The Balaban J connectivity index is 2.19. The first-order valence-electron chi connectivity index (χ1n) is 6.47. The maximum atomic E-state index is 12.2. The molecule has 116 valence electrons. The minimum atomic E-state index is -0.532. The zero-order valence-electron chi connectivity index (χ0n) is 11.9. The third-order valence-corrected chi connectivity index (χ3v) is 3.72. The average Bonchev–Trinajstić information content (AvgIpc) is 2.85. The Labute approximate surface area is 136 Å². The molecule has 1 aromatic heterocycles. The van der Waals surface area contributed by atoms with Crippen molar-refractivity contribution in [3.63, 3.8) is 0 Å².